The number of benzene rings is 3. The second-order valence-electron chi connectivity index (χ2n) is 21.7. The van der Waals surface area contributed by atoms with Gasteiger partial charge in [-0.2, -0.15) is 0 Å². The van der Waals surface area contributed by atoms with E-state index in [1.54, 1.807) is 0 Å². The number of rotatable bonds is 2. The minimum Gasteiger partial charge on any atom is -0.0910 e. The molecular formula is C54H56. The Morgan fingerprint density at radius 1 is 0.315 bits per heavy atom. The van der Waals surface area contributed by atoms with Crippen molar-refractivity contribution < 1.29 is 0 Å². The molecule has 12 fully saturated rings. The fourth-order valence-electron chi connectivity index (χ4n) is 18.0. The average Bonchev–Trinajstić information content (AvgIpc) is 3.15. The van der Waals surface area contributed by atoms with Crippen LogP contribution in [-0.4, -0.2) is 0 Å². The van der Waals surface area contributed by atoms with E-state index in [-0.39, 0.29) is 16.2 Å². The summed E-state index contributed by atoms with van der Waals surface area (Å²) in [5.74, 6) is 28.2. The monoisotopic (exact) mass is 704 g/mol. The van der Waals surface area contributed by atoms with E-state index in [4.69, 9.17) is 0 Å². The predicted molar refractivity (Wildman–Crippen MR) is 218 cm³/mol. The molecule has 0 nitrogen and oxygen atoms in total. The highest BCUT2D eigenvalue weighted by Gasteiger charge is 2.75. The van der Waals surface area contributed by atoms with Crippen molar-refractivity contribution in [2.24, 2.45) is 67.5 Å². The van der Waals surface area contributed by atoms with Crippen LogP contribution >= 0.6 is 0 Å². The van der Waals surface area contributed by atoms with E-state index in [2.05, 4.69) is 127 Å². The maximum atomic E-state index is 4.14. The van der Waals surface area contributed by atoms with Crippen molar-refractivity contribution in [1.82, 2.24) is 0 Å². The predicted octanol–water partition coefficient (Wildman–Crippen LogP) is 12.3. The standard InChI is InChI=1S/C54H56/c1-4-10-40(11-5-1)16-19-48-24-43-22-44(25-48)29-51(28-43,36-48)52-30-45-23-46(31-52)33-53(32-45,39-52)54-34-47-26-49(37-54,20-17-41-12-6-2-7-13-41)35-50(27-47,38-54)21-18-42-14-8-3-9-15-42/h1-15,43-47H,22-39H2. The van der Waals surface area contributed by atoms with Gasteiger partial charge in [0, 0.05) is 32.9 Å². The lowest BCUT2D eigenvalue weighted by Crippen LogP contribution is -2.69. The third-order valence-corrected chi connectivity index (χ3v) is 18.2. The molecule has 0 N–H and O–H groups in total. The van der Waals surface area contributed by atoms with E-state index < -0.39 is 0 Å². The molecular weight excluding hydrogens is 649 g/mol. The van der Waals surface area contributed by atoms with Gasteiger partial charge in [0.1, 0.15) is 0 Å². The van der Waals surface area contributed by atoms with Crippen LogP contribution in [0.15, 0.2) is 91.0 Å². The molecule has 12 bridgehead atoms. The zero-order valence-corrected chi connectivity index (χ0v) is 32.3. The fourth-order valence-corrected chi connectivity index (χ4v) is 18.0. The van der Waals surface area contributed by atoms with Gasteiger partial charge in [0.25, 0.3) is 0 Å². The number of hydrogen-bond donors (Lipinski definition) is 0. The molecule has 0 saturated heterocycles. The SMILES string of the molecule is C(#CC12CC3CC(C1)CC(C14CC5CC(C1)CC(C16CC7CC(C#Cc8ccccc8)(CC(C#Cc8ccccc8)(C7)C1)C6)(C5)C4)(C3)C2)c1ccccc1. The fraction of sp³-hybridized carbons (Fsp3) is 0.556. The molecule has 0 spiro atoms. The topological polar surface area (TPSA) is 0 Å². The van der Waals surface area contributed by atoms with Gasteiger partial charge in [-0.15, -0.1) is 0 Å². The lowest BCUT2D eigenvalue weighted by molar-refractivity contribution is -0.280. The third-order valence-electron chi connectivity index (χ3n) is 18.2. The molecule has 0 heterocycles. The summed E-state index contributed by atoms with van der Waals surface area (Å²) >= 11 is 0. The van der Waals surface area contributed by atoms with E-state index in [1.165, 1.54) is 132 Å². The van der Waals surface area contributed by atoms with Crippen molar-refractivity contribution in [3.05, 3.63) is 108 Å². The summed E-state index contributed by atoms with van der Waals surface area (Å²) in [5.41, 5.74) is 5.87. The van der Waals surface area contributed by atoms with Crippen LogP contribution in [0.3, 0.4) is 0 Å². The molecule has 6 unspecified atom stereocenters. The van der Waals surface area contributed by atoms with Crippen molar-refractivity contribution in [3.8, 4) is 35.5 Å². The van der Waals surface area contributed by atoms with Gasteiger partial charge in [0.15, 0.2) is 0 Å². The van der Waals surface area contributed by atoms with E-state index in [0.29, 0.717) is 21.7 Å². The summed E-state index contributed by atoms with van der Waals surface area (Å²) in [6.07, 6.45) is 25.7. The zero-order chi connectivity index (χ0) is 35.7. The number of hydrogen-bond acceptors (Lipinski definition) is 0. The molecule has 0 aliphatic heterocycles. The molecule has 15 rings (SSSR count). The van der Waals surface area contributed by atoms with E-state index in [0.717, 1.165) is 29.6 Å². The van der Waals surface area contributed by atoms with Gasteiger partial charge in [0.2, 0.25) is 0 Å². The van der Waals surface area contributed by atoms with Crippen LogP contribution in [0.25, 0.3) is 0 Å². The zero-order valence-electron chi connectivity index (χ0n) is 32.3. The molecule has 272 valence electrons. The Labute approximate surface area is 325 Å². The Hall–Kier alpha value is -3.66. The highest BCUT2D eigenvalue weighted by atomic mass is 14.8. The normalized spacial score (nSPS) is 46.6. The molecule has 0 aromatic heterocycles. The molecule has 0 radical (unpaired) electrons. The molecule has 0 amide bonds. The second kappa shape index (κ2) is 11.2. The highest BCUT2D eigenvalue weighted by molar-refractivity contribution is 5.42. The Morgan fingerprint density at radius 3 is 1.11 bits per heavy atom. The van der Waals surface area contributed by atoms with Gasteiger partial charge in [-0.3, -0.25) is 0 Å². The molecule has 12 aliphatic carbocycles. The van der Waals surface area contributed by atoms with Crippen LogP contribution in [-0.2, 0) is 0 Å². The maximum absolute atomic E-state index is 4.14. The lowest BCUT2D eigenvalue weighted by atomic mass is 9.26. The van der Waals surface area contributed by atoms with Crippen LogP contribution < -0.4 is 0 Å². The molecule has 0 heteroatoms. The smallest absolute Gasteiger partial charge is 0.0341 e. The summed E-state index contributed by atoms with van der Waals surface area (Å²) in [4.78, 5) is 0. The van der Waals surface area contributed by atoms with Crippen molar-refractivity contribution >= 4 is 0 Å². The summed E-state index contributed by atoms with van der Waals surface area (Å²) in [6.45, 7) is 0. The maximum Gasteiger partial charge on any atom is 0.0341 e. The third kappa shape index (κ3) is 4.86. The van der Waals surface area contributed by atoms with E-state index in [9.17, 15) is 0 Å². The van der Waals surface area contributed by atoms with Gasteiger partial charge in [-0.25, -0.2) is 0 Å². The van der Waals surface area contributed by atoms with E-state index >= 15 is 0 Å². The van der Waals surface area contributed by atoms with Crippen LogP contribution in [0.4, 0.5) is 0 Å². The first-order chi connectivity index (χ1) is 26.3. The van der Waals surface area contributed by atoms with Crippen molar-refractivity contribution in [1.29, 1.82) is 0 Å². The summed E-state index contributed by atoms with van der Waals surface area (Å²) < 4.78 is 0. The largest absolute Gasteiger partial charge is 0.0910 e. The van der Waals surface area contributed by atoms with Crippen LogP contribution in [0.2, 0.25) is 0 Å². The minimum atomic E-state index is 0.0922. The van der Waals surface area contributed by atoms with Gasteiger partial charge in [-0.05, 0) is 203 Å². The summed E-state index contributed by atoms with van der Waals surface area (Å²) in [5, 5.41) is 0. The van der Waals surface area contributed by atoms with Gasteiger partial charge >= 0.3 is 0 Å². The van der Waals surface area contributed by atoms with Crippen LogP contribution in [0.5, 0.6) is 0 Å². The van der Waals surface area contributed by atoms with Gasteiger partial charge < -0.3 is 0 Å². The van der Waals surface area contributed by atoms with Gasteiger partial charge in [0.05, 0.1) is 0 Å². The van der Waals surface area contributed by atoms with Gasteiger partial charge in [-0.1, -0.05) is 90.1 Å². The summed E-state index contributed by atoms with van der Waals surface area (Å²) in [6, 6.07) is 32.7. The van der Waals surface area contributed by atoms with Crippen molar-refractivity contribution in [3.63, 3.8) is 0 Å². The Bertz CT molecular complexity index is 2070. The van der Waals surface area contributed by atoms with Crippen LogP contribution in [0.1, 0.15) is 132 Å². The molecule has 12 saturated carbocycles. The van der Waals surface area contributed by atoms with E-state index in [1.807, 2.05) is 0 Å². The molecule has 54 heavy (non-hydrogen) atoms. The molecule has 3 aromatic rings. The molecule has 6 atom stereocenters. The lowest BCUT2D eigenvalue weighted by Gasteiger charge is -2.78. The van der Waals surface area contributed by atoms with Crippen LogP contribution in [0, 0.1) is 103 Å². The van der Waals surface area contributed by atoms with Crippen molar-refractivity contribution in [2.75, 3.05) is 0 Å². The highest BCUT2D eigenvalue weighted by Crippen LogP contribution is 2.84. The molecule has 12 aliphatic rings. The van der Waals surface area contributed by atoms with Crippen molar-refractivity contribution in [2.45, 2.75) is 116 Å². The first-order valence-electron chi connectivity index (χ1n) is 22.0. The first-order valence-corrected chi connectivity index (χ1v) is 22.0. The summed E-state index contributed by atoms with van der Waals surface area (Å²) in [7, 11) is 0. The Balaban J connectivity index is 0.956. The average molecular weight is 705 g/mol. The minimum absolute atomic E-state index is 0.0922. The quantitative estimate of drug-likeness (QED) is 0.233. The Morgan fingerprint density at radius 2 is 0.648 bits per heavy atom. The second-order valence-corrected chi connectivity index (χ2v) is 21.7. The Kier molecular flexibility index (Phi) is 6.77. The molecule has 3 aromatic carbocycles. The first kappa shape index (κ1) is 32.6.